The Morgan fingerprint density at radius 1 is 1.35 bits per heavy atom. The third-order valence-electron chi connectivity index (χ3n) is 3.72. The molecule has 1 aliphatic rings. The Balaban J connectivity index is 2.95. The van der Waals surface area contributed by atoms with Gasteiger partial charge in [-0.3, -0.25) is 19.8 Å². The lowest BCUT2D eigenvalue weighted by Gasteiger charge is -2.39. The number of nitrogens with zero attached hydrogens (tertiary/aromatic N) is 1. The molecule has 0 radical (unpaired) electrons. The van der Waals surface area contributed by atoms with Gasteiger partial charge in [0.05, 0.1) is 0 Å². The van der Waals surface area contributed by atoms with Crippen molar-refractivity contribution in [3.8, 4) is 0 Å². The summed E-state index contributed by atoms with van der Waals surface area (Å²) in [6.07, 6.45) is 2.79. The van der Waals surface area contributed by atoms with E-state index in [9.17, 15) is 14.4 Å². The third kappa shape index (κ3) is 2.18. The van der Waals surface area contributed by atoms with Crippen molar-refractivity contribution in [2.75, 3.05) is 7.05 Å². The van der Waals surface area contributed by atoms with Crippen LogP contribution in [0.2, 0.25) is 0 Å². The average Bonchev–Trinajstić information content (AvgIpc) is 2.30. The van der Waals surface area contributed by atoms with E-state index in [4.69, 9.17) is 0 Å². The molecule has 2 unspecified atom stereocenters. The number of urea groups is 1. The number of nitrogens with one attached hydrogen (secondary N) is 1. The Morgan fingerprint density at radius 3 is 2.47 bits per heavy atom. The summed E-state index contributed by atoms with van der Waals surface area (Å²) in [5, 5.41) is 2.23. The number of hydrogen-bond donors (Lipinski definition) is 1. The smallest absolute Gasteiger partial charge is 0.277 e. The van der Waals surface area contributed by atoms with E-state index < -0.39 is 23.3 Å². The zero-order valence-corrected chi connectivity index (χ0v) is 10.9. The van der Waals surface area contributed by atoms with Crippen molar-refractivity contribution in [1.29, 1.82) is 0 Å². The normalized spacial score (nSPS) is 27.1. The van der Waals surface area contributed by atoms with Gasteiger partial charge in [-0.2, -0.15) is 0 Å². The Morgan fingerprint density at radius 2 is 1.94 bits per heavy atom. The topological polar surface area (TPSA) is 66.5 Å². The summed E-state index contributed by atoms with van der Waals surface area (Å²) >= 11 is 0. The van der Waals surface area contributed by atoms with Crippen LogP contribution in [-0.4, -0.2) is 29.8 Å². The van der Waals surface area contributed by atoms with Crippen molar-refractivity contribution in [2.45, 2.75) is 40.0 Å². The Labute approximate surface area is 102 Å². The summed E-state index contributed by atoms with van der Waals surface area (Å²) in [5.74, 6) is -0.963. The molecule has 96 valence electrons. The molecule has 0 aromatic heterocycles. The van der Waals surface area contributed by atoms with Gasteiger partial charge in [0, 0.05) is 7.05 Å². The zero-order valence-electron chi connectivity index (χ0n) is 10.9. The number of hydrogen-bond acceptors (Lipinski definition) is 3. The lowest BCUT2D eigenvalue weighted by molar-refractivity contribution is -0.153. The molecule has 1 N–H and O–H groups in total. The molecule has 0 aromatic rings. The van der Waals surface area contributed by atoms with Crippen LogP contribution in [0.4, 0.5) is 4.79 Å². The number of rotatable bonds is 4. The number of amides is 4. The predicted molar refractivity (Wildman–Crippen MR) is 63.1 cm³/mol. The molecule has 1 fully saturated rings. The molecule has 0 aliphatic carbocycles. The Hall–Kier alpha value is -1.39. The van der Waals surface area contributed by atoms with E-state index in [1.807, 2.05) is 6.92 Å². The van der Waals surface area contributed by atoms with Gasteiger partial charge in [0.1, 0.15) is 5.41 Å². The van der Waals surface area contributed by atoms with Crippen LogP contribution in [-0.2, 0) is 9.59 Å². The summed E-state index contributed by atoms with van der Waals surface area (Å²) in [6.45, 7) is 5.57. The Kier molecular flexibility index (Phi) is 3.91. The first-order valence-electron chi connectivity index (χ1n) is 5.99. The highest BCUT2D eigenvalue weighted by atomic mass is 16.2. The fourth-order valence-corrected chi connectivity index (χ4v) is 2.08. The van der Waals surface area contributed by atoms with Crippen molar-refractivity contribution >= 4 is 17.8 Å². The van der Waals surface area contributed by atoms with Crippen molar-refractivity contribution in [3.05, 3.63) is 0 Å². The maximum absolute atomic E-state index is 12.1. The second kappa shape index (κ2) is 4.85. The highest BCUT2D eigenvalue weighted by molar-refractivity contribution is 6.18. The van der Waals surface area contributed by atoms with Crippen molar-refractivity contribution in [3.63, 3.8) is 0 Å². The maximum Gasteiger partial charge on any atom is 0.330 e. The van der Waals surface area contributed by atoms with Gasteiger partial charge >= 0.3 is 6.03 Å². The van der Waals surface area contributed by atoms with Gasteiger partial charge in [0.15, 0.2) is 0 Å². The molecule has 5 nitrogen and oxygen atoms in total. The quantitative estimate of drug-likeness (QED) is 0.758. The molecule has 1 aliphatic heterocycles. The first-order valence-corrected chi connectivity index (χ1v) is 5.99. The molecule has 0 saturated carbocycles. The van der Waals surface area contributed by atoms with E-state index in [0.717, 1.165) is 24.2 Å². The van der Waals surface area contributed by atoms with Gasteiger partial charge in [-0.15, -0.1) is 0 Å². The van der Waals surface area contributed by atoms with Crippen LogP contribution in [0.1, 0.15) is 40.0 Å². The van der Waals surface area contributed by atoms with Gasteiger partial charge in [-0.25, -0.2) is 4.79 Å². The van der Waals surface area contributed by atoms with E-state index in [0.29, 0.717) is 0 Å². The van der Waals surface area contributed by atoms with Crippen molar-refractivity contribution < 1.29 is 14.4 Å². The highest BCUT2D eigenvalue weighted by Crippen LogP contribution is 2.35. The predicted octanol–water partition coefficient (Wildman–Crippen LogP) is 1.53. The summed E-state index contributed by atoms with van der Waals surface area (Å²) in [5.41, 5.74) is -1.13. The van der Waals surface area contributed by atoms with Crippen LogP contribution in [0.25, 0.3) is 0 Å². The fourth-order valence-electron chi connectivity index (χ4n) is 2.08. The van der Waals surface area contributed by atoms with Crippen LogP contribution in [0, 0.1) is 11.3 Å². The number of unbranched alkanes of at least 4 members (excludes halogenated alkanes) is 1. The summed E-state index contributed by atoms with van der Waals surface area (Å²) in [6, 6.07) is -0.639. The van der Waals surface area contributed by atoms with Crippen LogP contribution >= 0.6 is 0 Å². The molecule has 1 rings (SSSR count). The van der Waals surface area contributed by atoms with E-state index in [-0.39, 0.29) is 5.92 Å². The van der Waals surface area contributed by atoms with E-state index in [1.165, 1.54) is 7.05 Å². The number of carbonyl (C=O) groups excluding carboxylic acids is 3. The SMILES string of the molecule is CCCCC(C)C1(C)C(=O)NC(=O)N(C)C1=O. The van der Waals surface area contributed by atoms with Crippen molar-refractivity contribution in [2.24, 2.45) is 11.3 Å². The van der Waals surface area contributed by atoms with Gasteiger partial charge in [0.2, 0.25) is 11.8 Å². The summed E-state index contributed by atoms with van der Waals surface area (Å²) < 4.78 is 0. The number of imide groups is 2. The van der Waals surface area contributed by atoms with E-state index in [2.05, 4.69) is 12.2 Å². The van der Waals surface area contributed by atoms with E-state index >= 15 is 0 Å². The first kappa shape index (κ1) is 13.7. The molecule has 1 heterocycles. The molecule has 0 spiro atoms. The standard InChI is InChI=1S/C12H20N2O3/c1-5-6-7-8(2)12(3)9(15)13-11(17)14(4)10(12)16/h8H,5-7H2,1-4H3,(H,13,15,17). The fraction of sp³-hybridized carbons (Fsp3) is 0.750. The monoisotopic (exact) mass is 240 g/mol. The molecular formula is C12H20N2O3. The zero-order chi connectivity index (χ0) is 13.2. The Bertz CT molecular complexity index is 354. The van der Waals surface area contributed by atoms with Gasteiger partial charge in [-0.1, -0.05) is 26.7 Å². The largest absolute Gasteiger partial charge is 0.330 e. The molecule has 4 amide bonds. The van der Waals surface area contributed by atoms with Gasteiger partial charge < -0.3 is 0 Å². The number of barbiturate groups is 1. The lowest BCUT2D eigenvalue weighted by Crippen LogP contribution is -2.63. The van der Waals surface area contributed by atoms with E-state index in [1.54, 1.807) is 6.92 Å². The van der Waals surface area contributed by atoms with Crippen LogP contribution in [0.5, 0.6) is 0 Å². The molecule has 17 heavy (non-hydrogen) atoms. The summed E-state index contributed by atoms with van der Waals surface area (Å²) in [7, 11) is 1.40. The molecule has 5 heteroatoms. The molecule has 0 bridgehead atoms. The molecule has 1 saturated heterocycles. The average molecular weight is 240 g/mol. The molecule has 0 aromatic carbocycles. The summed E-state index contributed by atoms with van der Waals surface area (Å²) in [4.78, 5) is 36.3. The van der Waals surface area contributed by atoms with Crippen LogP contribution < -0.4 is 5.32 Å². The minimum absolute atomic E-state index is 0.0782. The second-order valence-electron chi connectivity index (χ2n) is 4.87. The first-order chi connectivity index (χ1) is 7.85. The van der Waals surface area contributed by atoms with Gasteiger partial charge in [0.25, 0.3) is 0 Å². The minimum atomic E-state index is -1.13. The highest BCUT2D eigenvalue weighted by Gasteiger charge is 2.52. The maximum atomic E-state index is 12.1. The van der Waals surface area contributed by atoms with Crippen molar-refractivity contribution in [1.82, 2.24) is 10.2 Å². The molecular weight excluding hydrogens is 220 g/mol. The van der Waals surface area contributed by atoms with Crippen LogP contribution in [0.3, 0.4) is 0 Å². The molecule has 2 atom stereocenters. The second-order valence-corrected chi connectivity index (χ2v) is 4.87. The van der Waals surface area contributed by atoms with Gasteiger partial charge in [-0.05, 0) is 19.3 Å². The van der Waals surface area contributed by atoms with Crippen LogP contribution in [0.15, 0.2) is 0 Å². The lowest BCUT2D eigenvalue weighted by atomic mass is 9.73. The number of carbonyl (C=O) groups is 3. The minimum Gasteiger partial charge on any atom is -0.277 e. The third-order valence-corrected chi connectivity index (χ3v) is 3.72.